The quantitative estimate of drug-likeness (QED) is 0.817. The first-order valence-corrected chi connectivity index (χ1v) is 5.06. The second-order valence-corrected chi connectivity index (χ2v) is 3.88. The molecule has 1 atom stereocenters. The van der Waals surface area contributed by atoms with Gasteiger partial charge in [0.25, 0.3) is 0 Å². The van der Waals surface area contributed by atoms with E-state index in [-0.39, 0.29) is 6.54 Å². The largest absolute Gasteiger partial charge is 0.478 e. The van der Waals surface area contributed by atoms with Crippen LogP contribution < -0.4 is 10.5 Å². The summed E-state index contributed by atoms with van der Waals surface area (Å²) < 4.78 is 6.22. The summed E-state index contributed by atoms with van der Waals surface area (Å²) in [5.41, 5.74) is 5.24. The van der Waals surface area contributed by atoms with Gasteiger partial charge in [0.2, 0.25) is 6.10 Å². The van der Waals surface area contributed by atoms with Gasteiger partial charge in [-0.15, -0.1) is 0 Å². The van der Waals surface area contributed by atoms with E-state index in [9.17, 15) is 4.79 Å². The van der Waals surface area contributed by atoms with Gasteiger partial charge < -0.3 is 15.6 Å². The number of carboxylic acid groups (broad SMARTS) is 1. The van der Waals surface area contributed by atoms with Gasteiger partial charge in [0.05, 0.1) is 0 Å². The molecular formula is C9H10INO3. The molecule has 0 heterocycles. The molecule has 0 saturated carbocycles. The summed E-state index contributed by atoms with van der Waals surface area (Å²) in [5, 5.41) is 8.68. The number of carboxylic acids is 1. The predicted octanol–water partition coefficient (Wildman–Crippen LogP) is 1.08. The highest BCUT2D eigenvalue weighted by atomic mass is 127. The molecule has 0 amide bonds. The smallest absolute Gasteiger partial charge is 0.346 e. The van der Waals surface area contributed by atoms with Crippen molar-refractivity contribution in [1.82, 2.24) is 0 Å². The van der Waals surface area contributed by atoms with E-state index in [1.165, 1.54) is 0 Å². The number of rotatable bonds is 4. The number of carbonyl (C=O) groups is 1. The third-order valence-electron chi connectivity index (χ3n) is 1.58. The molecule has 0 aliphatic heterocycles. The first kappa shape index (κ1) is 11.3. The van der Waals surface area contributed by atoms with Gasteiger partial charge in [0, 0.05) is 10.1 Å². The Kier molecular flexibility index (Phi) is 4.15. The lowest BCUT2D eigenvalue weighted by Crippen LogP contribution is -2.34. The summed E-state index contributed by atoms with van der Waals surface area (Å²) >= 11 is 2.16. The van der Waals surface area contributed by atoms with Crippen LogP contribution in [0, 0.1) is 3.57 Å². The lowest BCUT2D eigenvalue weighted by Gasteiger charge is -2.12. The van der Waals surface area contributed by atoms with Gasteiger partial charge in [-0.25, -0.2) is 4.79 Å². The number of halogens is 1. The van der Waals surface area contributed by atoms with E-state index in [2.05, 4.69) is 22.6 Å². The Hall–Kier alpha value is -0.820. The summed E-state index contributed by atoms with van der Waals surface area (Å²) in [4.78, 5) is 10.6. The van der Waals surface area contributed by atoms with Crippen LogP contribution in [0.2, 0.25) is 0 Å². The number of hydrogen-bond acceptors (Lipinski definition) is 3. The standard InChI is InChI=1S/C9H10INO3/c10-6-1-3-7(4-2-6)14-8(5-11)9(12)13/h1-4,8H,5,11H2,(H,12,13). The normalized spacial score (nSPS) is 12.1. The SMILES string of the molecule is NCC(Oc1ccc(I)cc1)C(=O)O. The van der Waals surface area contributed by atoms with Crippen molar-refractivity contribution < 1.29 is 14.6 Å². The van der Waals surface area contributed by atoms with E-state index in [4.69, 9.17) is 15.6 Å². The van der Waals surface area contributed by atoms with E-state index in [0.717, 1.165) is 3.57 Å². The minimum Gasteiger partial charge on any atom is -0.478 e. The Labute approximate surface area is 95.2 Å². The first-order chi connectivity index (χ1) is 6.63. The van der Waals surface area contributed by atoms with Crippen LogP contribution in [0.25, 0.3) is 0 Å². The zero-order valence-corrected chi connectivity index (χ0v) is 9.47. The number of benzene rings is 1. The molecule has 76 valence electrons. The van der Waals surface area contributed by atoms with Crippen molar-refractivity contribution in [3.05, 3.63) is 27.8 Å². The van der Waals surface area contributed by atoms with Crippen molar-refractivity contribution in [2.24, 2.45) is 5.73 Å². The van der Waals surface area contributed by atoms with Gasteiger partial charge >= 0.3 is 5.97 Å². The van der Waals surface area contributed by atoms with Crippen molar-refractivity contribution in [2.75, 3.05) is 6.54 Å². The van der Waals surface area contributed by atoms with E-state index in [1.807, 2.05) is 12.1 Å². The van der Waals surface area contributed by atoms with Crippen LogP contribution in [-0.4, -0.2) is 23.7 Å². The molecule has 5 heteroatoms. The molecule has 0 aliphatic carbocycles. The number of nitrogens with two attached hydrogens (primary N) is 1. The zero-order valence-electron chi connectivity index (χ0n) is 7.31. The van der Waals surface area contributed by atoms with Gasteiger partial charge in [-0.1, -0.05) is 0 Å². The third kappa shape index (κ3) is 3.15. The lowest BCUT2D eigenvalue weighted by molar-refractivity contribution is -0.144. The van der Waals surface area contributed by atoms with Gasteiger partial charge in [-0.3, -0.25) is 0 Å². The number of hydrogen-bond donors (Lipinski definition) is 2. The molecule has 0 aromatic heterocycles. The molecule has 0 bridgehead atoms. The van der Waals surface area contributed by atoms with Crippen molar-refractivity contribution >= 4 is 28.6 Å². The number of ether oxygens (including phenoxy) is 1. The number of aliphatic carboxylic acids is 1. The molecule has 0 fully saturated rings. The summed E-state index contributed by atoms with van der Waals surface area (Å²) in [6.45, 7) is -0.0404. The Morgan fingerprint density at radius 2 is 2.07 bits per heavy atom. The van der Waals surface area contributed by atoms with Crippen LogP contribution in [0.5, 0.6) is 5.75 Å². The molecule has 0 aliphatic rings. The van der Waals surface area contributed by atoms with E-state index >= 15 is 0 Å². The highest BCUT2D eigenvalue weighted by molar-refractivity contribution is 14.1. The van der Waals surface area contributed by atoms with Crippen molar-refractivity contribution in [3.63, 3.8) is 0 Å². The van der Waals surface area contributed by atoms with Crippen LogP contribution >= 0.6 is 22.6 Å². The predicted molar refractivity (Wildman–Crippen MR) is 60.3 cm³/mol. The molecular weight excluding hydrogens is 297 g/mol. The van der Waals surface area contributed by atoms with E-state index < -0.39 is 12.1 Å². The minimum atomic E-state index is -1.05. The average molecular weight is 307 g/mol. The second-order valence-electron chi connectivity index (χ2n) is 2.63. The maximum Gasteiger partial charge on any atom is 0.346 e. The molecule has 0 saturated heterocycles. The highest BCUT2D eigenvalue weighted by Gasteiger charge is 2.16. The first-order valence-electron chi connectivity index (χ1n) is 3.98. The van der Waals surface area contributed by atoms with Gasteiger partial charge in [0.1, 0.15) is 5.75 Å². The summed E-state index contributed by atoms with van der Waals surface area (Å²) in [6, 6.07) is 7.11. The Bertz CT molecular complexity index is 312. The van der Waals surface area contributed by atoms with Gasteiger partial charge in [-0.2, -0.15) is 0 Å². The summed E-state index contributed by atoms with van der Waals surface area (Å²) in [7, 11) is 0. The zero-order chi connectivity index (χ0) is 10.6. The van der Waals surface area contributed by atoms with Gasteiger partial charge in [0.15, 0.2) is 0 Å². The van der Waals surface area contributed by atoms with E-state index in [1.54, 1.807) is 12.1 Å². The fraction of sp³-hybridized carbons (Fsp3) is 0.222. The molecule has 1 aromatic carbocycles. The van der Waals surface area contributed by atoms with Gasteiger partial charge in [-0.05, 0) is 46.9 Å². The molecule has 1 aromatic rings. The molecule has 14 heavy (non-hydrogen) atoms. The molecule has 1 rings (SSSR count). The van der Waals surface area contributed by atoms with Crippen LogP contribution in [-0.2, 0) is 4.79 Å². The molecule has 4 nitrogen and oxygen atoms in total. The third-order valence-corrected chi connectivity index (χ3v) is 2.30. The van der Waals surface area contributed by atoms with Crippen LogP contribution in [0.4, 0.5) is 0 Å². The van der Waals surface area contributed by atoms with Crippen LogP contribution in [0.15, 0.2) is 24.3 Å². The molecule has 3 N–H and O–H groups in total. The second kappa shape index (κ2) is 5.16. The molecule has 0 radical (unpaired) electrons. The Morgan fingerprint density at radius 1 is 1.50 bits per heavy atom. The average Bonchev–Trinajstić information content (AvgIpc) is 2.16. The summed E-state index contributed by atoms with van der Waals surface area (Å²) in [6.07, 6.45) is -0.977. The Balaban J connectivity index is 2.67. The topological polar surface area (TPSA) is 72.5 Å². The molecule has 1 unspecified atom stereocenters. The van der Waals surface area contributed by atoms with Crippen LogP contribution in [0.1, 0.15) is 0 Å². The molecule has 0 spiro atoms. The monoisotopic (exact) mass is 307 g/mol. The minimum absolute atomic E-state index is 0.0404. The lowest BCUT2D eigenvalue weighted by atomic mass is 10.3. The summed E-state index contributed by atoms with van der Waals surface area (Å²) in [5.74, 6) is -0.533. The highest BCUT2D eigenvalue weighted by Crippen LogP contribution is 2.14. The van der Waals surface area contributed by atoms with Crippen molar-refractivity contribution in [3.8, 4) is 5.75 Å². The maximum atomic E-state index is 10.6. The van der Waals surface area contributed by atoms with Crippen molar-refractivity contribution in [2.45, 2.75) is 6.10 Å². The van der Waals surface area contributed by atoms with Crippen molar-refractivity contribution in [1.29, 1.82) is 0 Å². The van der Waals surface area contributed by atoms with E-state index in [0.29, 0.717) is 5.75 Å². The maximum absolute atomic E-state index is 10.6. The fourth-order valence-electron chi connectivity index (χ4n) is 0.877. The van der Waals surface area contributed by atoms with Crippen LogP contribution in [0.3, 0.4) is 0 Å². The Morgan fingerprint density at radius 3 is 2.50 bits per heavy atom. The fourth-order valence-corrected chi connectivity index (χ4v) is 1.24.